The Morgan fingerprint density at radius 1 is 1.22 bits per heavy atom. The van der Waals surface area contributed by atoms with Gasteiger partial charge in [0, 0.05) is 32.7 Å². The van der Waals surface area contributed by atoms with E-state index in [1.165, 1.54) is 0 Å². The quantitative estimate of drug-likeness (QED) is 0.412. The lowest BCUT2D eigenvalue weighted by molar-refractivity contribution is -0.134. The van der Waals surface area contributed by atoms with E-state index >= 15 is 0 Å². The van der Waals surface area contributed by atoms with Crippen molar-refractivity contribution in [2.45, 2.75) is 50.0 Å². The second-order valence-electron chi connectivity index (χ2n) is 10.2. The lowest BCUT2D eigenvalue weighted by Gasteiger charge is -2.34. The van der Waals surface area contributed by atoms with Crippen LogP contribution in [0.3, 0.4) is 0 Å². The number of hydrogen-bond donors (Lipinski definition) is 3. The van der Waals surface area contributed by atoms with E-state index in [9.17, 15) is 18.3 Å². The van der Waals surface area contributed by atoms with Crippen molar-refractivity contribution in [3.63, 3.8) is 0 Å². The number of aliphatic hydroxyl groups excluding tert-OH is 1. The number of amides is 1. The molecule has 2 aliphatic rings. The molecule has 1 unspecified atom stereocenters. The highest BCUT2D eigenvalue weighted by atomic mass is 32.2. The summed E-state index contributed by atoms with van der Waals surface area (Å²) in [5.74, 6) is 0.783. The molecule has 1 aromatic heterocycles. The number of carbonyl (C=O) groups excluding carboxylic acids is 1. The molecule has 9 nitrogen and oxygen atoms in total. The van der Waals surface area contributed by atoms with Crippen molar-refractivity contribution in [1.29, 1.82) is 0 Å². The minimum absolute atomic E-state index is 0.00278. The zero-order valence-corrected chi connectivity index (χ0v) is 21.8. The number of nitrogens with zero attached hydrogens (tertiary/aromatic N) is 2. The molecule has 37 heavy (non-hydrogen) atoms. The van der Waals surface area contributed by atoms with Gasteiger partial charge in [-0.15, -0.1) is 0 Å². The highest BCUT2D eigenvalue weighted by molar-refractivity contribution is 7.89. The number of aliphatic hydroxyl groups is 1. The summed E-state index contributed by atoms with van der Waals surface area (Å²) in [6, 6.07) is 11.5. The van der Waals surface area contributed by atoms with E-state index in [1.807, 2.05) is 24.3 Å². The Hall–Kier alpha value is -2.95. The van der Waals surface area contributed by atoms with Crippen molar-refractivity contribution in [2.75, 3.05) is 31.6 Å². The minimum atomic E-state index is -4.03. The van der Waals surface area contributed by atoms with Crippen LogP contribution >= 0.6 is 0 Å². The molecule has 0 saturated carbocycles. The van der Waals surface area contributed by atoms with Gasteiger partial charge < -0.3 is 19.7 Å². The number of para-hydroxylation sites is 3. The largest absolute Gasteiger partial charge is 0.441 e. The smallest absolute Gasteiger partial charge is 0.243 e. The first-order chi connectivity index (χ1) is 17.8. The number of aromatic nitrogens is 1. The van der Waals surface area contributed by atoms with Crippen LogP contribution in [-0.4, -0.2) is 61.6 Å². The van der Waals surface area contributed by atoms with E-state index in [1.54, 1.807) is 23.1 Å². The Bertz CT molecular complexity index is 1330. The van der Waals surface area contributed by atoms with Crippen molar-refractivity contribution in [3.05, 3.63) is 53.9 Å². The molecule has 1 amide bonds. The van der Waals surface area contributed by atoms with E-state index in [4.69, 9.17) is 4.42 Å². The van der Waals surface area contributed by atoms with Crippen LogP contribution in [-0.2, 0) is 27.7 Å². The summed E-state index contributed by atoms with van der Waals surface area (Å²) >= 11 is 0. The molecule has 0 bridgehead atoms. The van der Waals surface area contributed by atoms with Gasteiger partial charge in [-0.2, -0.15) is 4.72 Å². The van der Waals surface area contributed by atoms with Gasteiger partial charge in [-0.05, 0) is 61.3 Å². The standard InChI is InChI=1S/C27H34N4O5S/c1-18-15-20-5-4-8-24(26(20)28-17-18)37(34,35)30-22(16-25-29-21-6-2-3-7-23(21)36-25)27(33)31-12-9-19(10-13-31)11-14-32/h2-8,18-19,22,28,30,32H,9-17H2,1H3/t18?,22-/m0/s1. The number of carbonyl (C=O) groups is 1. The van der Waals surface area contributed by atoms with Crippen LogP contribution in [0.25, 0.3) is 11.1 Å². The summed E-state index contributed by atoms with van der Waals surface area (Å²) < 4.78 is 35.9. The zero-order chi connectivity index (χ0) is 26.0. The summed E-state index contributed by atoms with van der Waals surface area (Å²) in [6.07, 6.45) is 3.07. The predicted octanol–water partition coefficient (Wildman–Crippen LogP) is 2.94. The molecule has 5 rings (SSSR count). The number of sulfonamides is 1. The number of rotatable bonds is 8. The van der Waals surface area contributed by atoms with Gasteiger partial charge in [-0.1, -0.05) is 31.2 Å². The van der Waals surface area contributed by atoms with Crippen molar-refractivity contribution < 1.29 is 22.7 Å². The van der Waals surface area contributed by atoms with Crippen LogP contribution < -0.4 is 10.0 Å². The van der Waals surface area contributed by atoms with Gasteiger partial charge in [-0.25, -0.2) is 13.4 Å². The van der Waals surface area contributed by atoms with Crippen LogP contribution in [0.4, 0.5) is 5.69 Å². The Morgan fingerprint density at radius 3 is 2.76 bits per heavy atom. The normalized spacial score (nSPS) is 19.4. The summed E-state index contributed by atoms with van der Waals surface area (Å²) in [4.78, 5) is 20.0. The van der Waals surface area contributed by atoms with Crippen molar-refractivity contribution in [3.8, 4) is 0 Å². The summed E-state index contributed by atoms with van der Waals surface area (Å²) in [7, 11) is -4.03. The fourth-order valence-corrected chi connectivity index (χ4v) is 6.77. The first-order valence-corrected chi connectivity index (χ1v) is 14.4. The van der Waals surface area contributed by atoms with Crippen LogP contribution in [0.1, 0.15) is 37.6 Å². The molecule has 2 aliphatic heterocycles. The topological polar surface area (TPSA) is 125 Å². The molecule has 0 radical (unpaired) electrons. The van der Waals surface area contributed by atoms with Gasteiger partial charge in [0.25, 0.3) is 0 Å². The Labute approximate surface area is 217 Å². The van der Waals surface area contributed by atoms with Crippen molar-refractivity contribution in [2.24, 2.45) is 11.8 Å². The van der Waals surface area contributed by atoms with E-state index < -0.39 is 16.1 Å². The first-order valence-electron chi connectivity index (χ1n) is 13.0. The molecule has 2 atom stereocenters. The van der Waals surface area contributed by atoms with Crippen LogP contribution in [0, 0.1) is 11.8 Å². The van der Waals surface area contributed by atoms with Crippen LogP contribution in [0.5, 0.6) is 0 Å². The van der Waals surface area contributed by atoms with Gasteiger partial charge in [0.1, 0.15) is 16.5 Å². The molecule has 3 heterocycles. The van der Waals surface area contributed by atoms with Crippen LogP contribution in [0.15, 0.2) is 51.8 Å². The SMILES string of the molecule is CC1CNc2c(cccc2S(=O)(=O)N[C@@H](Cc2nc3ccccc3o2)C(=O)N2CCC(CCO)CC2)C1. The lowest BCUT2D eigenvalue weighted by atomic mass is 9.93. The summed E-state index contributed by atoms with van der Waals surface area (Å²) in [5, 5.41) is 12.5. The van der Waals surface area contributed by atoms with Gasteiger partial charge in [0.2, 0.25) is 15.9 Å². The number of anilines is 1. The number of likely N-dealkylation sites (tertiary alicyclic amines) is 1. The molecular weight excluding hydrogens is 492 g/mol. The van der Waals surface area contributed by atoms with Gasteiger partial charge in [0.05, 0.1) is 5.69 Å². The van der Waals surface area contributed by atoms with Gasteiger partial charge in [-0.3, -0.25) is 4.79 Å². The molecule has 10 heteroatoms. The molecular formula is C27H34N4O5S. The first kappa shape index (κ1) is 25.7. The predicted molar refractivity (Wildman–Crippen MR) is 141 cm³/mol. The lowest BCUT2D eigenvalue weighted by Crippen LogP contribution is -2.51. The molecule has 198 valence electrons. The van der Waals surface area contributed by atoms with Crippen molar-refractivity contribution in [1.82, 2.24) is 14.6 Å². The van der Waals surface area contributed by atoms with E-state index in [0.29, 0.717) is 60.6 Å². The van der Waals surface area contributed by atoms with E-state index in [-0.39, 0.29) is 23.8 Å². The molecule has 2 aromatic carbocycles. The number of benzene rings is 2. The maximum atomic E-state index is 13.7. The number of piperidine rings is 1. The number of nitrogens with one attached hydrogen (secondary N) is 2. The average Bonchev–Trinajstić information content (AvgIpc) is 3.30. The fourth-order valence-electron chi connectivity index (χ4n) is 5.35. The van der Waals surface area contributed by atoms with Gasteiger partial charge in [0.15, 0.2) is 11.5 Å². The highest BCUT2D eigenvalue weighted by Gasteiger charge is 2.34. The monoisotopic (exact) mass is 526 g/mol. The molecule has 3 aromatic rings. The number of fused-ring (bicyclic) bond motifs is 2. The second-order valence-corrected chi connectivity index (χ2v) is 11.9. The minimum Gasteiger partial charge on any atom is -0.441 e. The molecule has 1 fully saturated rings. The number of oxazole rings is 1. The summed E-state index contributed by atoms with van der Waals surface area (Å²) in [5.41, 5.74) is 2.80. The Morgan fingerprint density at radius 2 is 2.00 bits per heavy atom. The average molecular weight is 527 g/mol. The number of hydrogen-bond acceptors (Lipinski definition) is 7. The third-order valence-corrected chi connectivity index (χ3v) is 8.89. The third kappa shape index (κ3) is 5.66. The molecule has 1 saturated heterocycles. The van der Waals surface area contributed by atoms with E-state index in [2.05, 4.69) is 21.9 Å². The van der Waals surface area contributed by atoms with Crippen molar-refractivity contribution >= 4 is 32.7 Å². The van der Waals surface area contributed by atoms with E-state index in [0.717, 1.165) is 24.8 Å². The summed E-state index contributed by atoms with van der Waals surface area (Å²) in [6.45, 7) is 3.99. The third-order valence-electron chi connectivity index (χ3n) is 7.37. The van der Waals surface area contributed by atoms with Crippen LogP contribution in [0.2, 0.25) is 0 Å². The molecule has 0 aliphatic carbocycles. The molecule has 3 N–H and O–H groups in total. The maximum Gasteiger partial charge on any atom is 0.243 e. The molecule has 0 spiro atoms. The second kappa shape index (κ2) is 10.8. The van der Waals surface area contributed by atoms with Gasteiger partial charge >= 0.3 is 0 Å². The zero-order valence-electron chi connectivity index (χ0n) is 21.0. The fraction of sp³-hybridized carbons (Fsp3) is 0.481. The highest BCUT2D eigenvalue weighted by Crippen LogP contribution is 2.31. The Kier molecular flexibility index (Phi) is 7.50. The Balaban J connectivity index is 1.42. The maximum absolute atomic E-state index is 13.7.